The molecule has 2 fully saturated rings. The van der Waals surface area contributed by atoms with E-state index in [-0.39, 0.29) is 0 Å². The largest absolute Gasteiger partial charge is 0.317 e. The van der Waals surface area contributed by atoms with Crippen molar-refractivity contribution in [2.75, 3.05) is 52.9 Å². The van der Waals surface area contributed by atoms with Gasteiger partial charge in [0.25, 0.3) is 0 Å². The zero-order valence-electron chi connectivity index (χ0n) is 10.7. The summed E-state index contributed by atoms with van der Waals surface area (Å²) in [7, 11) is 2.25. The smallest absolute Gasteiger partial charge is 0.0109 e. The molecule has 0 bridgehead atoms. The monoisotopic (exact) mass is 225 g/mol. The standard InChI is InChI=1S/C13H27N3/c1-15-8-2-9-16(12-11-15)10-5-13-3-6-14-7-4-13/h13-14H,2-12H2,1H3. The van der Waals surface area contributed by atoms with Crippen molar-refractivity contribution in [2.24, 2.45) is 5.92 Å². The molecule has 2 saturated heterocycles. The van der Waals surface area contributed by atoms with Crippen LogP contribution in [-0.2, 0) is 0 Å². The zero-order valence-corrected chi connectivity index (χ0v) is 10.7. The first kappa shape index (κ1) is 12.3. The highest BCUT2D eigenvalue weighted by Crippen LogP contribution is 2.16. The SMILES string of the molecule is CN1CCCN(CCC2CCNCC2)CC1. The predicted octanol–water partition coefficient (Wildman–Crippen LogP) is 1.01. The average molecular weight is 225 g/mol. The molecule has 0 aromatic rings. The molecule has 2 aliphatic heterocycles. The summed E-state index contributed by atoms with van der Waals surface area (Å²) >= 11 is 0. The topological polar surface area (TPSA) is 18.5 Å². The molecule has 0 aromatic carbocycles. The van der Waals surface area contributed by atoms with Gasteiger partial charge in [-0.2, -0.15) is 0 Å². The molecule has 2 aliphatic rings. The molecule has 0 atom stereocenters. The van der Waals surface area contributed by atoms with E-state index in [1.165, 1.54) is 71.5 Å². The first-order chi connectivity index (χ1) is 7.84. The lowest BCUT2D eigenvalue weighted by molar-refractivity contribution is 0.239. The lowest BCUT2D eigenvalue weighted by Crippen LogP contribution is -2.33. The Balaban J connectivity index is 1.64. The first-order valence-electron chi connectivity index (χ1n) is 6.96. The van der Waals surface area contributed by atoms with E-state index in [1.807, 2.05) is 0 Å². The van der Waals surface area contributed by atoms with Gasteiger partial charge in [-0.15, -0.1) is 0 Å². The molecule has 2 heterocycles. The third kappa shape index (κ3) is 4.04. The molecular formula is C13H27N3. The van der Waals surface area contributed by atoms with Crippen LogP contribution in [-0.4, -0.2) is 62.7 Å². The van der Waals surface area contributed by atoms with E-state index in [1.54, 1.807) is 0 Å². The van der Waals surface area contributed by atoms with Gasteiger partial charge in [-0.1, -0.05) is 0 Å². The van der Waals surface area contributed by atoms with Crippen LogP contribution in [0.5, 0.6) is 0 Å². The minimum atomic E-state index is 0.988. The molecule has 0 amide bonds. The maximum absolute atomic E-state index is 3.45. The molecule has 0 radical (unpaired) electrons. The quantitative estimate of drug-likeness (QED) is 0.773. The Morgan fingerprint density at radius 3 is 2.69 bits per heavy atom. The molecule has 2 rings (SSSR count). The molecule has 16 heavy (non-hydrogen) atoms. The second-order valence-corrected chi connectivity index (χ2v) is 5.48. The minimum Gasteiger partial charge on any atom is -0.317 e. The van der Waals surface area contributed by atoms with Crippen molar-refractivity contribution in [1.29, 1.82) is 0 Å². The van der Waals surface area contributed by atoms with Crippen molar-refractivity contribution in [3.63, 3.8) is 0 Å². The summed E-state index contributed by atoms with van der Waals surface area (Å²) < 4.78 is 0. The second kappa shape index (κ2) is 6.58. The van der Waals surface area contributed by atoms with E-state index < -0.39 is 0 Å². The maximum Gasteiger partial charge on any atom is 0.0109 e. The normalized spacial score (nSPS) is 26.8. The van der Waals surface area contributed by atoms with Crippen LogP contribution in [0.15, 0.2) is 0 Å². The van der Waals surface area contributed by atoms with Crippen molar-refractivity contribution in [3.8, 4) is 0 Å². The van der Waals surface area contributed by atoms with Crippen molar-refractivity contribution in [1.82, 2.24) is 15.1 Å². The van der Waals surface area contributed by atoms with Gasteiger partial charge in [-0.25, -0.2) is 0 Å². The number of hydrogen-bond acceptors (Lipinski definition) is 3. The van der Waals surface area contributed by atoms with Crippen LogP contribution >= 0.6 is 0 Å². The molecule has 0 unspecified atom stereocenters. The van der Waals surface area contributed by atoms with Gasteiger partial charge in [-0.3, -0.25) is 0 Å². The number of hydrogen-bond donors (Lipinski definition) is 1. The minimum absolute atomic E-state index is 0.988. The molecule has 3 heteroatoms. The van der Waals surface area contributed by atoms with Gasteiger partial charge >= 0.3 is 0 Å². The first-order valence-corrected chi connectivity index (χ1v) is 6.96. The number of likely N-dealkylation sites (N-methyl/N-ethyl adjacent to an activating group) is 1. The Bertz CT molecular complexity index is 190. The van der Waals surface area contributed by atoms with Crippen LogP contribution in [0.2, 0.25) is 0 Å². The fraction of sp³-hybridized carbons (Fsp3) is 1.00. The van der Waals surface area contributed by atoms with E-state index in [9.17, 15) is 0 Å². The Hall–Kier alpha value is -0.120. The van der Waals surface area contributed by atoms with Crippen LogP contribution in [0, 0.1) is 5.92 Å². The van der Waals surface area contributed by atoms with E-state index in [2.05, 4.69) is 22.2 Å². The van der Waals surface area contributed by atoms with Crippen LogP contribution in [0.3, 0.4) is 0 Å². The summed E-state index contributed by atoms with van der Waals surface area (Å²) in [5, 5.41) is 3.45. The molecular weight excluding hydrogens is 198 g/mol. The number of nitrogens with one attached hydrogen (secondary N) is 1. The van der Waals surface area contributed by atoms with Crippen molar-refractivity contribution in [2.45, 2.75) is 25.7 Å². The maximum atomic E-state index is 3.45. The van der Waals surface area contributed by atoms with Gasteiger partial charge in [-0.05, 0) is 71.4 Å². The molecule has 0 spiro atoms. The third-order valence-electron chi connectivity index (χ3n) is 4.12. The van der Waals surface area contributed by atoms with Crippen molar-refractivity contribution in [3.05, 3.63) is 0 Å². The van der Waals surface area contributed by atoms with Crippen molar-refractivity contribution >= 4 is 0 Å². The second-order valence-electron chi connectivity index (χ2n) is 5.48. The highest BCUT2D eigenvalue weighted by molar-refractivity contribution is 4.72. The number of piperidine rings is 1. The summed E-state index contributed by atoms with van der Waals surface area (Å²) in [6.45, 7) is 8.95. The lowest BCUT2D eigenvalue weighted by atomic mass is 9.94. The number of nitrogens with zero attached hydrogens (tertiary/aromatic N) is 2. The zero-order chi connectivity index (χ0) is 11.2. The summed E-state index contributed by atoms with van der Waals surface area (Å²) in [5.74, 6) is 0.988. The van der Waals surface area contributed by atoms with Gasteiger partial charge in [0, 0.05) is 13.1 Å². The van der Waals surface area contributed by atoms with Gasteiger partial charge in [0.15, 0.2) is 0 Å². The average Bonchev–Trinajstić information content (AvgIpc) is 2.53. The molecule has 3 nitrogen and oxygen atoms in total. The van der Waals surface area contributed by atoms with E-state index in [0.29, 0.717) is 0 Å². The Labute approximate surface area is 100 Å². The van der Waals surface area contributed by atoms with E-state index >= 15 is 0 Å². The summed E-state index contributed by atoms with van der Waals surface area (Å²) in [6.07, 6.45) is 5.57. The van der Waals surface area contributed by atoms with Crippen LogP contribution in [0.25, 0.3) is 0 Å². The Kier molecular flexibility index (Phi) is 5.07. The summed E-state index contributed by atoms with van der Waals surface area (Å²) in [5.41, 5.74) is 0. The van der Waals surface area contributed by atoms with E-state index in [0.717, 1.165) is 5.92 Å². The molecule has 94 valence electrons. The van der Waals surface area contributed by atoms with Crippen molar-refractivity contribution < 1.29 is 0 Å². The van der Waals surface area contributed by atoms with Gasteiger partial charge in [0.2, 0.25) is 0 Å². The van der Waals surface area contributed by atoms with Gasteiger partial charge in [0.1, 0.15) is 0 Å². The van der Waals surface area contributed by atoms with Gasteiger partial charge in [0.05, 0.1) is 0 Å². The molecule has 1 N–H and O–H groups in total. The Morgan fingerprint density at radius 1 is 1.06 bits per heavy atom. The van der Waals surface area contributed by atoms with Gasteiger partial charge < -0.3 is 15.1 Å². The van der Waals surface area contributed by atoms with E-state index in [4.69, 9.17) is 0 Å². The summed E-state index contributed by atoms with van der Waals surface area (Å²) in [6, 6.07) is 0. The summed E-state index contributed by atoms with van der Waals surface area (Å²) in [4.78, 5) is 5.13. The van der Waals surface area contributed by atoms with Crippen LogP contribution in [0.4, 0.5) is 0 Å². The molecule has 0 aliphatic carbocycles. The predicted molar refractivity (Wildman–Crippen MR) is 68.8 cm³/mol. The third-order valence-corrected chi connectivity index (χ3v) is 4.12. The molecule has 0 saturated carbocycles. The number of rotatable bonds is 3. The fourth-order valence-electron chi connectivity index (χ4n) is 2.86. The Morgan fingerprint density at radius 2 is 1.88 bits per heavy atom. The molecule has 0 aromatic heterocycles. The van der Waals surface area contributed by atoms with Crippen LogP contribution < -0.4 is 5.32 Å². The highest BCUT2D eigenvalue weighted by Gasteiger charge is 2.16. The lowest BCUT2D eigenvalue weighted by Gasteiger charge is -2.26. The van der Waals surface area contributed by atoms with Crippen LogP contribution in [0.1, 0.15) is 25.7 Å². The fourth-order valence-corrected chi connectivity index (χ4v) is 2.86. The highest BCUT2D eigenvalue weighted by atomic mass is 15.2.